The van der Waals surface area contributed by atoms with E-state index in [1.807, 2.05) is 0 Å². The third-order valence-electron chi connectivity index (χ3n) is 4.04. The SMILES string of the molecule is CNC(CCC1CCCO1)c1c(C)cccc1C. The van der Waals surface area contributed by atoms with E-state index in [0.29, 0.717) is 12.1 Å². The average molecular weight is 247 g/mol. The minimum Gasteiger partial charge on any atom is -0.378 e. The lowest BCUT2D eigenvalue weighted by Gasteiger charge is -2.22. The summed E-state index contributed by atoms with van der Waals surface area (Å²) in [7, 11) is 2.06. The Labute approximate surface area is 111 Å². The molecule has 1 fully saturated rings. The summed E-state index contributed by atoms with van der Waals surface area (Å²) < 4.78 is 5.72. The van der Waals surface area contributed by atoms with Crippen molar-refractivity contribution in [1.82, 2.24) is 5.32 Å². The number of benzene rings is 1. The summed E-state index contributed by atoms with van der Waals surface area (Å²) in [5.74, 6) is 0. The number of aryl methyl sites for hydroxylation is 2. The highest BCUT2D eigenvalue weighted by Gasteiger charge is 2.19. The van der Waals surface area contributed by atoms with Gasteiger partial charge in [0.2, 0.25) is 0 Å². The molecule has 2 heteroatoms. The van der Waals surface area contributed by atoms with Crippen LogP contribution in [-0.4, -0.2) is 19.8 Å². The predicted molar refractivity (Wildman–Crippen MR) is 75.9 cm³/mol. The second-order valence-corrected chi connectivity index (χ2v) is 5.36. The monoisotopic (exact) mass is 247 g/mol. The van der Waals surface area contributed by atoms with Gasteiger partial charge in [-0.3, -0.25) is 0 Å². The van der Waals surface area contributed by atoms with Gasteiger partial charge in [0.1, 0.15) is 0 Å². The molecule has 18 heavy (non-hydrogen) atoms. The van der Waals surface area contributed by atoms with E-state index in [2.05, 4.69) is 44.4 Å². The maximum Gasteiger partial charge on any atom is 0.0576 e. The van der Waals surface area contributed by atoms with Crippen LogP contribution in [0.2, 0.25) is 0 Å². The molecular weight excluding hydrogens is 222 g/mol. The van der Waals surface area contributed by atoms with E-state index in [1.54, 1.807) is 0 Å². The summed E-state index contributed by atoms with van der Waals surface area (Å²) in [6.45, 7) is 5.37. The van der Waals surface area contributed by atoms with Gasteiger partial charge in [0.15, 0.2) is 0 Å². The summed E-state index contributed by atoms with van der Waals surface area (Å²) in [4.78, 5) is 0. The Morgan fingerprint density at radius 1 is 1.33 bits per heavy atom. The minimum atomic E-state index is 0.454. The number of nitrogens with one attached hydrogen (secondary N) is 1. The van der Waals surface area contributed by atoms with Crippen molar-refractivity contribution in [3.63, 3.8) is 0 Å². The highest BCUT2D eigenvalue weighted by Crippen LogP contribution is 2.27. The van der Waals surface area contributed by atoms with Crippen LogP contribution in [-0.2, 0) is 4.74 Å². The first kappa shape index (κ1) is 13.6. The van der Waals surface area contributed by atoms with Gasteiger partial charge in [-0.15, -0.1) is 0 Å². The molecule has 1 saturated heterocycles. The largest absolute Gasteiger partial charge is 0.378 e. The normalized spacial score (nSPS) is 21.2. The van der Waals surface area contributed by atoms with Crippen molar-refractivity contribution in [1.29, 1.82) is 0 Å². The van der Waals surface area contributed by atoms with Gasteiger partial charge in [-0.25, -0.2) is 0 Å². The fraction of sp³-hybridized carbons (Fsp3) is 0.625. The molecule has 2 rings (SSSR count). The molecule has 2 atom stereocenters. The first-order valence-electron chi connectivity index (χ1n) is 7.07. The van der Waals surface area contributed by atoms with E-state index in [1.165, 1.54) is 36.0 Å². The minimum absolute atomic E-state index is 0.454. The highest BCUT2D eigenvalue weighted by molar-refractivity contribution is 5.36. The average Bonchev–Trinajstić information content (AvgIpc) is 2.86. The topological polar surface area (TPSA) is 21.3 Å². The molecule has 1 aromatic carbocycles. The summed E-state index contributed by atoms with van der Waals surface area (Å²) in [5, 5.41) is 3.47. The molecule has 1 N–H and O–H groups in total. The molecule has 0 aliphatic carbocycles. The molecule has 0 bridgehead atoms. The van der Waals surface area contributed by atoms with Crippen LogP contribution in [0.25, 0.3) is 0 Å². The number of hydrogen-bond donors (Lipinski definition) is 1. The van der Waals surface area contributed by atoms with Gasteiger partial charge in [0.05, 0.1) is 6.10 Å². The molecule has 0 radical (unpaired) electrons. The fourth-order valence-corrected chi connectivity index (χ4v) is 3.03. The van der Waals surface area contributed by atoms with Gasteiger partial charge in [-0.2, -0.15) is 0 Å². The van der Waals surface area contributed by atoms with E-state index in [-0.39, 0.29) is 0 Å². The molecule has 2 nitrogen and oxygen atoms in total. The van der Waals surface area contributed by atoms with Crippen molar-refractivity contribution < 1.29 is 4.74 Å². The van der Waals surface area contributed by atoms with Gasteiger partial charge in [0.25, 0.3) is 0 Å². The Morgan fingerprint density at radius 3 is 2.61 bits per heavy atom. The Bertz CT molecular complexity index is 362. The third kappa shape index (κ3) is 3.12. The Hall–Kier alpha value is -0.860. The maximum absolute atomic E-state index is 5.72. The molecule has 0 aromatic heterocycles. The molecule has 1 heterocycles. The summed E-state index contributed by atoms with van der Waals surface area (Å²) in [6.07, 6.45) is 5.29. The molecule has 100 valence electrons. The quantitative estimate of drug-likeness (QED) is 0.859. The molecule has 2 unspecified atom stereocenters. The lowest BCUT2D eigenvalue weighted by Crippen LogP contribution is -2.20. The van der Waals surface area contributed by atoms with Crippen LogP contribution >= 0.6 is 0 Å². The summed E-state index contributed by atoms with van der Waals surface area (Å²) >= 11 is 0. The zero-order chi connectivity index (χ0) is 13.0. The molecular formula is C16H25NO. The van der Waals surface area contributed by atoms with E-state index < -0.39 is 0 Å². The van der Waals surface area contributed by atoms with Crippen LogP contribution in [0.5, 0.6) is 0 Å². The summed E-state index contributed by atoms with van der Waals surface area (Å²) in [5.41, 5.74) is 4.25. The van der Waals surface area contributed by atoms with Gasteiger partial charge in [0, 0.05) is 12.6 Å². The second kappa shape index (κ2) is 6.35. The predicted octanol–water partition coefficient (Wildman–Crippen LogP) is 3.52. The van der Waals surface area contributed by atoms with Crippen molar-refractivity contribution in [3.05, 3.63) is 34.9 Å². The molecule has 1 aliphatic rings. The van der Waals surface area contributed by atoms with Crippen LogP contribution in [0.4, 0.5) is 0 Å². The number of hydrogen-bond acceptors (Lipinski definition) is 2. The van der Waals surface area contributed by atoms with Gasteiger partial charge < -0.3 is 10.1 Å². The molecule has 0 saturated carbocycles. The zero-order valence-electron chi connectivity index (χ0n) is 11.8. The summed E-state index contributed by atoms with van der Waals surface area (Å²) in [6, 6.07) is 7.01. The second-order valence-electron chi connectivity index (χ2n) is 5.36. The molecule has 1 aromatic rings. The van der Waals surface area contributed by atoms with E-state index in [9.17, 15) is 0 Å². The standard InChI is InChI=1S/C16H25NO/c1-12-6-4-7-13(2)16(12)15(17-3)10-9-14-8-5-11-18-14/h4,6-7,14-15,17H,5,8-11H2,1-3H3. The first-order valence-corrected chi connectivity index (χ1v) is 7.07. The van der Waals surface area contributed by atoms with Crippen LogP contribution in [0.1, 0.15) is 48.4 Å². The first-order chi connectivity index (χ1) is 8.72. The molecule has 0 amide bonds. The van der Waals surface area contributed by atoms with Crippen molar-refractivity contribution >= 4 is 0 Å². The Balaban J connectivity index is 2.03. The lowest BCUT2D eigenvalue weighted by atomic mass is 9.92. The van der Waals surface area contributed by atoms with E-state index >= 15 is 0 Å². The zero-order valence-corrected chi connectivity index (χ0v) is 11.8. The lowest BCUT2D eigenvalue weighted by molar-refractivity contribution is 0.0998. The van der Waals surface area contributed by atoms with Crippen LogP contribution in [0.15, 0.2) is 18.2 Å². The van der Waals surface area contributed by atoms with Crippen molar-refractivity contribution in [2.75, 3.05) is 13.7 Å². The molecule has 1 aliphatic heterocycles. The highest BCUT2D eigenvalue weighted by atomic mass is 16.5. The van der Waals surface area contributed by atoms with Gasteiger partial charge in [-0.05, 0) is 63.3 Å². The Kier molecular flexibility index (Phi) is 4.79. The maximum atomic E-state index is 5.72. The van der Waals surface area contributed by atoms with Gasteiger partial charge in [-0.1, -0.05) is 18.2 Å². The third-order valence-corrected chi connectivity index (χ3v) is 4.04. The van der Waals surface area contributed by atoms with E-state index in [4.69, 9.17) is 4.74 Å². The molecule has 0 spiro atoms. The van der Waals surface area contributed by atoms with Crippen LogP contribution in [0, 0.1) is 13.8 Å². The van der Waals surface area contributed by atoms with Crippen molar-refractivity contribution in [3.8, 4) is 0 Å². The Morgan fingerprint density at radius 2 is 2.06 bits per heavy atom. The van der Waals surface area contributed by atoms with E-state index in [0.717, 1.165) is 13.0 Å². The van der Waals surface area contributed by atoms with Crippen LogP contribution < -0.4 is 5.32 Å². The van der Waals surface area contributed by atoms with Crippen molar-refractivity contribution in [2.45, 2.75) is 51.7 Å². The number of rotatable bonds is 5. The smallest absolute Gasteiger partial charge is 0.0576 e. The van der Waals surface area contributed by atoms with Crippen LogP contribution in [0.3, 0.4) is 0 Å². The van der Waals surface area contributed by atoms with Gasteiger partial charge >= 0.3 is 0 Å². The number of ether oxygens (including phenoxy) is 1. The van der Waals surface area contributed by atoms with Crippen molar-refractivity contribution in [2.24, 2.45) is 0 Å². The fourth-order valence-electron chi connectivity index (χ4n) is 3.03.